The molecule has 0 fully saturated rings. The number of nitrogens with one attached hydrogen (secondary N) is 1. The maximum atomic E-state index is 13.3. The molecular formula is C16H13FN2O2. The number of benzene rings is 2. The summed E-state index contributed by atoms with van der Waals surface area (Å²) in [6.07, 6.45) is 0. The number of hydrogen-bond donors (Lipinski definition) is 1. The zero-order chi connectivity index (χ0) is 15.2. The predicted molar refractivity (Wildman–Crippen MR) is 76.4 cm³/mol. The Morgan fingerprint density at radius 3 is 2.67 bits per heavy atom. The number of amides is 1. The van der Waals surface area contributed by atoms with Gasteiger partial charge in [0.15, 0.2) is 6.61 Å². The minimum atomic E-state index is -0.381. The van der Waals surface area contributed by atoms with E-state index in [0.717, 1.165) is 0 Å². The van der Waals surface area contributed by atoms with E-state index in [4.69, 9.17) is 10.00 Å². The third-order valence-corrected chi connectivity index (χ3v) is 2.90. The molecule has 2 aromatic rings. The first-order valence-corrected chi connectivity index (χ1v) is 6.28. The van der Waals surface area contributed by atoms with Gasteiger partial charge in [-0.2, -0.15) is 5.26 Å². The topological polar surface area (TPSA) is 62.1 Å². The van der Waals surface area contributed by atoms with Crippen molar-refractivity contribution in [1.82, 2.24) is 0 Å². The highest BCUT2D eigenvalue weighted by molar-refractivity contribution is 5.92. The highest BCUT2D eigenvalue weighted by atomic mass is 19.1. The van der Waals surface area contributed by atoms with Crippen LogP contribution in [-0.4, -0.2) is 12.5 Å². The standard InChI is InChI=1S/C16H13FN2O2/c1-11-14(17)3-2-4-15(11)19-16(20)10-21-13-7-5-12(9-18)6-8-13/h2-8H,10H2,1H3,(H,19,20). The number of halogens is 1. The van der Waals surface area contributed by atoms with Crippen molar-refractivity contribution in [2.24, 2.45) is 0 Å². The van der Waals surface area contributed by atoms with Crippen molar-refractivity contribution in [2.45, 2.75) is 6.92 Å². The Morgan fingerprint density at radius 2 is 2.00 bits per heavy atom. The lowest BCUT2D eigenvalue weighted by Crippen LogP contribution is -2.20. The second-order valence-electron chi connectivity index (χ2n) is 4.39. The largest absolute Gasteiger partial charge is 0.484 e. The van der Waals surface area contributed by atoms with Crippen LogP contribution in [0.25, 0.3) is 0 Å². The summed E-state index contributed by atoms with van der Waals surface area (Å²) in [6, 6.07) is 12.9. The van der Waals surface area contributed by atoms with Crippen LogP contribution in [-0.2, 0) is 4.79 Å². The molecule has 0 bridgehead atoms. The minimum Gasteiger partial charge on any atom is -0.484 e. The van der Waals surface area contributed by atoms with Crippen molar-refractivity contribution in [3.05, 3.63) is 59.4 Å². The summed E-state index contributed by atoms with van der Waals surface area (Å²) in [7, 11) is 0. The Kier molecular flexibility index (Phi) is 4.52. The second kappa shape index (κ2) is 6.53. The van der Waals surface area contributed by atoms with E-state index in [9.17, 15) is 9.18 Å². The highest BCUT2D eigenvalue weighted by Gasteiger charge is 2.08. The second-order valence-corrected chi connectivity index (χ2v) is 4.39. The summed E-state index contributed by atoms with van der Waals surface area (Å²) < 4.78 is 18.6. The minimum absolute atomic E-state index is 0.193. The first-order chi connectivity index (χ1) is 10.1. The molecule has 4 nitrogen and oxygen atoms in total. The van der Waals surface area contributed by atoms with Gasteiger partial charge >= 0.3 is 0 Å². The Bertz CT molecular complexity index is 690. The number of carbonyl (C=O) groups excluding carboxylic acids is 1. The van der Waals surface area contributed by atoms with Crippen LogP contribution in [0.4, 0.5) is 10.1 Å². The van der Waals surface area contributed by atoms with Crippen LogP contribution >= 0.6 is 0 Å². The Balaban J connectivity index is 1.93. The van der Waals surface area contributed by atoms with E-state index < -0.39 is 0 Å². The van der Waals surface area contributed by atoms with Gasteiger partial charge in [-0.1, -0.05) is 6.07 Å². The van der Waals surface area contributed by atoms with Gasteiger partial charge in [-0.15, -0.1) is 0 Å². The molecule has 0 saturated carbocycles. The monoisotopic (exact) mass is 284 g/mol. The number of ether oxygens (including phenoxy) is 1. The van der Waals surface area contributed by atoms with Gasteiger partial charge in [-0.25, -0.2) is 4.39 Å². The number of hydrogen-bond acceptors (Lipinski definition) is 3. The van der Waals surface area contributed by atoms with Gasteiger partial charge in [-0.05, 0) is 43.3 Å². The van der Waals surface area contributed by atoms with Gasteiger partial charge < -0.3 is 10.1 Å². The van der Waals surface area contributed by atoms with Gasteiger partial charge in [0.2, 0.25) is 0 Å². The zero-order valence-electron chi connectivity index (χ0n) is 11.4. The number of anilines is 1. The van der Waals surface area contributed by atoms with Crippen molar-refractivity contribution >= 4 is 11.6 Å². The first-order valence-electron chi connectivity index (χ1n) is 6.28. The normalized spacial score (nSPS) is 9.76. The number of nitriles is 1. The first kappa shape index (κ1) is 14.5. The molecule has 0 aliphatic carbocycles. The van der Waals surface area contributed by atoms with Gasteiger partial charge in [0, 0.05) is 11.3 Å². The van der Waals surface area contributed by atoms with Crippen molar-refractivity contribution in [3.63, 3.8) is 0 Å². The molecule has 0 saturated heterocycles. The highest BCUT2D eigenvalue weighted by Crippen LogP contribution is 2.17. The molecule has 0 aliphatic rings. The van der Waals surface area contributed by atoms with Crippen molar-refractivity contribution < 1.29 is 13.9 Å². The quantitative estimate of drug-likeness (QED) is 0.938. The summed E-state index contributed by atoms with van der Waals surface area (Å²) in [5.74, 6) is -0.269. The average molecular weight is 284 g/mol. The van der Waals surface area contributed by atoms with E-state index in [1.165, 1.54) is 12.1 Å². The lowest BCUT2D eigenvalue weighted by molar-refractivity contribution is -0.118. The molecule has 1 N–H and O–H groups in total. The van der Waals surface area contributed by atoms with Gasteiger partial charge in [-0.3, -0.25) is 4.79 Å². The van der Waals surface area contributed by atoms with E-state index in [1.807, 2.05) is 6.07 Å². The summed E-state index contributed by atoms with van der Waals surface area (Å²) in [4.78, 5) is 11.8. The molecule has 21 heavy (non-hydrogen) atoms. The molecule has 0 spiro atoms. The lowest BCUT2D eigenvalue weighted by Gasteiger charge is -2.10. The molecule has 5 heteroatoms. The van der Waals surface area contributed by atoms with Crippen molar-refractivity contribution in [2.75, 3.05) is 11.9 Å². The molecule has 0 radical (unpaired) electrons. The maximum absolute atomic E-state index is 13.3. The number of rotatable bonds is 4. The lowest BCUT2D eigenvalue weighted by atomic mass is 10.2. The van der Waals surface area contributed by atoms with Crippen LogP contribution in [0.1, 0.15) is 11.1 Å². The Hall–Kier alpha value is -2.87. The fourth-order valence-electron chi connectivity index (χ4n) is 1.70. The summed E-state index contributed by atoms with van der Waals surface area (Å²) in [6.45, 7) is 1.40. The van der Waals surface area contributed by atoms with Crippen LogP contribution in [0.2, 0.25) is 0 Å². The Labute approximate surface area is 121 Å². The van der Waals surface area contributed by atoms with E-state index in [-0.39, 0.29) is 18.3 Å². The van der Waals surface area contributed by atoms with E-state index in [0.29, 0.717) is 22.6 Å². The van der Waals surface area contributed by atoms with Crippen LogP contribution in [0.15, 0.2) is 42.5 Å². The fraction of sp³-hybridized carbons (Fsp3) is 0.125. The van der Waals surface area contributed by atoms with Gasteiger partial charge in [0.25, 0.3) is 5.91 Å². The summed E-state index contributed by atoms with van der Waals surface area (Å²) >= 11 is 0. The van der Waals surface area contributed by atoms with Crippen LogP contribution in [0.5, 0.6) is 5.75 Å². The zero-order valence-corrected chi connectivity index (χ0v) is 11.4. The summed E-state index contributed by atoms with van der Waals surface area (Å²) in [5.41, 5.74) is 1.31. The third-order valence-electron chi connectivity index (χ3n) is 2.90. The van der Waals surface area contributed by atoms with Gasteiger partial charge in [0.05, 0.1) is 11.6 Å². The molecule has 2 rings (SSSR count). The molecule has 0 atom stereocenters. The number of nitrogens with zero attached hydrogens (tertiary/aromatic N) is 1. The molecule has 0 unspecified atom stereocenters. The average Bonchev–Trinajstić information content (AvgIpc) is 2.50. The van der Waals surface area contributed by atoms with E-state index >= 15 is 0 Å². The summed E-state index contributed by atoms with van der Waals surface area (Å²) in [5, 5.41) is 11.3. The van der Waals surface area contributed by atoms with Crippen molar-refractivity contribution in [3.8, 4) is 11.8 Å². The predicted octanol–water partition coefficient (Wildman–Crippen LogP) is 3.02. The van der Waals surface area contributed by atoms with Crippen LogP contribution in [0, 0.1) is 24.1 Å². The van der Waals surface area contributed by atoms with Gasteiger partial charge in [0.1, 0.15) is 11.6 Å². The Morgan fingerprint density at radius 1 is 1.29 bits per heavy atom. The SMILES string of the molecule is Cc1c(F)cccc1NC(=O)COc1ccc(C#N)cc1. The van der Waals surface area contributed by atoms with Crippen LogP contribution in [0.3, 0.4) is 0 Å². The van der Waals surface area contributed by atoms with E-state index in [1.54, 1.807) is 37.3 Å². The fourth-order valence-corrected chi connectivity index (χ4v) is 1.70. The molecule has 106 valence electrons. The third kappa shape index (κ3) is 3.80. The molecule has 0 heterocycles. The maximum Gasteiger partial charge on any atom is 0.262 e. The molecule has 0 aromatic heterocycles. The molecule has 0 aliphatic heterocycles. The van der Waals surface area contributed by atoms with E-state index in [2.05, 4.69) is 5.32 Å². The smallest absolute Gasteiger partial charge is 0.262 e. The van der Waals surface area contributed by atoms with Crippen LogP contribution < -0.4 is 10.1 Å². The number of carbonyl (C=O) groups is 1. The molecule has 2 aromatic carbocycles. The molecule has 1 amide bonds. The van der Waals surface area contributed by atoms with Crippen molar-refractivity contribution in [1.29, 1.82) is 5.26 Å². The molecular weight excluding hydrogens is 271 g/mol.